The zero-order valence-electron chi connectivity index (χ0n) is 13.5. The summed E-state index contributed by atoms with van der Waals surface area (Å²) in [6, 6.07) is 0. The minimum Gasteiger partial charge on any atom is -0.103 e. The fraction of sp³-hybridized carbons (Fsp3) is 0.800. The van der Waals surface area contributed by atoms with Crippen LogP contribution in [0.4, 0.5) is 0 Å². The van der Waals surface area contributed by atoms with Crippen LogP contribution in [0.25, 0.3) is 0 Å². The van der Waals surface area contributed by atoms with Crippen LogP contribution in [0, 0.1) is 23.7 Å². The lowest BCUT2D eigenvalue weighted by molar-refractivity contribution is 0.154. The first-order valence-electron chi connectivity index (χ1n) is 9.11. The van der Waals surface area contributed by atoms with Crippen molar-refractivity contribution in [3.05, 3.63) is 24.8 Å². The average Bonchev–Trinajstić information content (AvgIpc) is 2.52. The van der Waals surface area contributed by atoms with Gasteiger partial charge in [0.25, 0.3) is 0 Å². The maximum atomic E-state index is 3.78. The molecule has 0 unspecified atom stereocenters. The van der Waals surface area contributed by atoms with Gasteiger partial charge in [0.1, 0.15) is 0 Å². The van der Waals surface area contributed by atoms with E-state index < -0.39 is 0 Å². The van der Waals surface area contributed by atoms with Gasteiger partial charge in [0.2, 0.25) is 0 Å². The Morgan fingerprint density at radius 3 is 2.00 bits per heavy atom. The molecule has 0 heteroatoms. The van der Waals surface area contributed by atoms with Gasteiger partial charge in [-0.1, -0.05) is 44.4 Å². The molecule has 0 spiro atoms. The lowest BCUT2D eigenvalue weighted by Crippen LogP contribution is -2.25. The average molecular weight is 274 g/mol. The number of unbranched alkanes of at least 4 members (excludes halogenated alkanes) is 1. The Balaban J connectivity index is 1.66. The molecule has 0 atom stereocenters. The first-order valence-corrected chi connectivity index (χ1v) is 9.11. The Morgan fingerprint density at radius 1 is 0.850 bits per heavy atom. The van der Waals surface area contributed by atoms with Gasteiger partial charge in [-0.3, -0.25) is 0 Å². The first-order chi connectivity index (χ1) is 9.83. The summed E-state index contributed by atoms with van der Waals surface area (Å²) in [5.41, 5.74) is 0. The van der Waals surface area contributed by atoms with E-state index in [1.807, 2.05) is 6.08 Å². The molecule has 2 fully saturated rings. The van der Waals surface area contributed by atoms with Gasteiger partial charge in [-0.05, 0) is 75.0 Å². The van der Waals surface area contributed by atoms with Gasteiger partial charge in [0, 0.05) is 0 Å². The first kappa shape index (κ1) is 15.9. The van der Waals surface area contributed by atoms with Crippen molar-refractivity contribution in [2.24, 2.45) is 23.7 Å². The fourth-order valence-electron chi connectivity index (χ4n) is 4.38. The summed E-state index contributed by atoms with van der Waals surface area (Å²) in [6.45, 7) is 6.15. The van der Waals surface area contributed by atoms with E-state index in [-0.39, 0.29) is 0 Å². The monoisotopic (exact) mass is 274 g/mol. The molecule has 0 aliphatic heterocycles. The topological polar surface area (TPSA) is 0 Å². The summed E-state index contributed by atoms with van der Waals surface area (Å²) in [6.07, 6.45) is 22.6. The summed E-state index contributed by atoms with van der Waals surface area (Å²) < 4.78 is 0. The van der Waals surface area contributed by atoms with E-state index >= 15 is 0 Å². The van der Waals surface area contributed by atoms with Crippen molar-refractivity contribution in [2.75, 3.05) is 0 Å². The molecule has 114 valence electrons. The molecule has 2 rings (SSSR count). The quantitative estimate of drug-likeness (QED) is 0.381. The molecule has 0 aromatic heterocycles. The molecule has 0 radical (unpaired) electrons. The molecule has 0 nitrogen and oxygen atoms in total. The normalized spacial score (nSPS) is 35.2. The van der Waals surface area contributed by atoms with Crippen LogP contribution in [0.15, 0.2) is 24.8 Å². The molecule has 2 aliphatic rings. The smallest absolute Gasteiger partial charge is 0.0233 e. The van der Waals surface area contributed by atoms with Crippen LogP contribution in [-0.2, 0) is 0 Å². The molecule has 2 aliphatic carbocycles. The Labute approximate surface area is 126 Å². The van der Waals surface area contributed by atoms with Gasteiger partial charge in [0.15, 0.2) is 0 Å². The van der Waals surface area contributed by atoms with Crippen molar-refractivity contribution >= 4 is 0 Å². The second kappa shape index (κ2) is 8.70. The Bertz CT molecular complexity index is 285. The maximum absolute atomic E-state index is 3.78. The molecular weight excluding hydrogens is 240 g/mol. The summed E-state index contributed by atoms with van der Waals surface area (Å²) >= 11 is 0. The van der Waals surface area contributed by atoms with Crippen molar-refractivity contribution in [3.8, 4) is 0 Å². The number of hydrogen-bond donors (Lipinski definition) is 0. The SMILES string of the molecule is C=CCC/C=C/C1CCC(C2CCC(CC)CC2)CC1. The summed E-state index contributed by atoms with van der Waals surface area (Å²) in [4.78, 5) is 0. The van der Waals surface area contributed by atoms with E-state index in [1.54, 1.807) is 0 Å². The van der Waals surface area contributed by atoms with Crippen molar-refractivity contribution in [1.82, 2.24) is 0 Å². The molecule has 0 aromatic carbocycles. The van der Waals surface area contributed by atoms with Crippen molar-refractivity contribution < 1.29 is 0 Å². The molecule has 20 heavy (non-hydrogen) atoms. The van der Waals surface area contributed by atoms with Crippen LogP contribution in [0.1, 0.15) is 77.6 Å². The second-order valence-electron chi connectivity index (χ2n) is 7.16. The third kappa shape index (κ3) is 4.79. The molecule has 2 saturated carbocycles. The molecule has 0 N–H and O–H groups in total. The van der Waals surface area contributed by atoms with E-state index in [0.717, 1.165) is 30.1 Å². The molecular formula is C20H34. The maximum Gasteiger partial charge on any atom is -0.0233 e. The van der Waals surface area contributed by atoms with Crippen molar-refractivity contribution in [3.63, 3.8) is 0 Å². The van der Waals surface area contributed by atoms with Crippen LogP contribution in [0.3, 0.4) is 0 Å². The van der Waals surface area contributed by atoms with E-state index in [4.69, 9.17) is 0 Å². The highest BCUT2D eigenvalue weighted by molar-refractivity contribution is 4.93. The minimum atomic E-state index is 0.878. The minimum absolute atomic E-state index is 0.878. The lowest BCUT2D eigenvalue weighted by Gasteiger charge is -2.37. The van der Waals surface area contributed by atoms with Gasteiger partial charge >= 0.3 is 0 Å². The third-order valence-corrected chi connectivity index (χ3v) is 5.90. The van der Waals surface area contributed by atoms with Gasteiger partial charge in [-0.15, -0.1) is 6.58 Å². The van der Waals surface area contributed by atoms with Gasteiger partial charge in [-0.2, -0.15) is 0 Å². The van der Waals surface area contributed by atoms with Crippen LogP contribution in [0.5, 0.6) is 0 Å². The highest BCUT2D eigenvalue weighted by Gasteiger charge is 2.29. The second-order valence-corrected chi connectivity index (χ2v) is 7.16. The Morgan fingerprint density at radius 2 is 1.45 bits per heavy atom. The van der Waals surface area contributed by atoms with E-state index in [1.165, 1.54) is 64.2 Å². The molecule has 0 heterocycles. The number of rotatable bonds is 6. The molecule has 0 saturated heterocycles. The predicted octanol–water partition coefficient (Wildman–Crippen LogP) is 6.53. The summed E-state index contributed by atoms with van der Waals surface area (Å²) in [7, 11) is 0. The zero-order chi connectivity index (χ0) is 14.2. The Hall–Kier alpha value is -0.520. The summed E-state index contributed by atoms with van der Waals surface area (Å²) in [5.74, 6) is 4.06. The van der Waals surface area contributed by atoms with E-state index in [9.17, 15) is 0 Å². The van der Waals surface area contributed by atoms with Crippen molar-refractivity contribution in [2.45, 2.75) is 77.6 Å². The zero-order valence-corrected chi connectivity index (χ0v) is 13.5. The third-order valence-electron chi connectivity index (χ3n) is 5.90. The number of hydrogen-bond acceptors (Lipinski definition) is 0. The molecule has 0 amide bonds. The van der Waals surface area contributed by atoms with Crippen LogP contribution < -0.4 is 0 Å². The van der Waals surface area contributed by atoms with Gasteiger partial charge in [0.05, 0.1) is 0 Å². The standard InChI is InChI=1S/C20H34/c1-3-5-6-7-8-18-11-15-20(16-12-18)19-13-9-17(4-2)10-14-19/h3,7-8,17-20H,1,4-6,9-16H2,2H3/b8-7+. The highest BCUT2D eigenvalue weighted by atomic mass is 14.3. The molecule has 0 bridgehead atoms. The summed E-state index contributed by atoms with van der Waals surface area (Å²) in [5, 5.41) is 0. The van der Waals surface area contributed by atoms with Gasteiger partial charge < -0.3 is 0 Å². The highest BCUT2D eigenvalue weighted by Crippen LogP contribution is 2.42. The fourth-order valence-corrected chi connectivity index (χ4v) is 4.38. The Kier molecular flexibility index (Phi) is 6.90. The van der Waals surface area contributed by atoms with Crippen LogP contribution in [-0.4, -0.2) is 0 Å². The van der Waals surface area contributed by atoms with Gasteiger partial charge in [-0.25, -0.2) is 0 Å². The largest absolute Gasteiger partial charge is 0.103 e. The van der Waals surface area contributed by atoms with Crippen molar-refractivity contribution in [1.29, 1.82) is 0 Å². The predicted molar refractivity (Wildman–Crippen MR) is 89.8 cm³/mol. The van der Waals surface area contributed by atoms with Crippen LogP contribution in [0.2, 0.25) is 0 Å². The van der Waals surface area contributed by atoms with E-state index in [0.29, 0.717) is 0 Å². The van der Waals surface area contributed by atoms with E-state index in [2.05, 4.69) is 25.7 Å². The van der Waals surface area contributed by atoms with Crippen LogP contribution >= 0.6 is 0 Å². The molecule has 0 aromatic rings. The lowest BCUT2D eigenvalue weighted by atomic mass is 9.69. The number of allylic oxidation sites excluding steroid dienone is 3.